The number of aliphatic hydroxyl groups is 1. The van der Waals surface area contributed by atoms with Gasteiger partial charge in [0.25, 0.3) is 0 Å². The van der Waals surface area contributed by atoms with Crippen LogP contribution in [-0.4, -0.2) is 17.0 Å². The highest BCUT2D eigenvalue weighted by Crippen LogP contribution is 2.49. The molecule has 0 bridgehead atoms. The maximum absolute atomic E-state index is 12.6. The van der Waals surface area contributed by atoms with Crippen LogP contribution in [-0.2, 0) is 4.79 Å². The monoisotopic (exact) mass is 236 g/mol. The van der Waals surface area contributed by atoms with E-state index in [-0.39, 0.29) is 17.9 Å². The van der Waals surface area contributed by atoms with E-state index in [4.69, 9.17) is 0 Å². The van der Waals surface area contributed by atoms with Crippen molar-refractivity contribution < 1.29 is 9.90 Å². The molecule has 3 aliphatic carbocycles. The zero-order valence-electron chi connectivity index (χ0n) is 10.8. The van der Waals surface area contributed by atoms with Crippen molar-refractivity contribution in [2.75, 3.05) is 0 Å². The first kappa shape index (κ1) is 11.7. The summed E-state index contributed by atoms with van der Waals surface area (Å²) in [5.74, 6) is 2.41. The number of hydrogen-bond donors (Lipinski definition) is 1. The molecule has 17 heavy (non-hydrogen) atoms. The molecule has 96 valence electrons. The summed E-state index contributed by atoms with van der Waals surface area (Å²) < 4.78 is 0. The van der Waals surface area contributed by atoms with Gasteiger partial charge in [0, 0.05) is 11.8 Å². The van der Waals surface area contributed by atoms with Crippen molar-refractivity contribution in [3.63, 3.8) is 0 Å². The first-order chi connectivity index (χ1) is 8.18. The van der Waals surface area contributed by atoms with Crippen LogP contribution in [0.15, 0.2) is 0 Å². The minimum Gasteiger partial charge on any atom is -0.393 e. The summed E-state index contributed by atoms with van der Waals surface area (Å²) in [6.45, 7) is 2.21. The van der Waals surface area contributed by atoms with Crippen molar-refractivity contribution in [1.29, 1.82) is 0 Å². The number of rotatable bonds is 0. The zero-order valence-corrected chi connectivity index (χ0v) is 10.8. The van der Waals surface area contributed by atoms with E-state index in [1.54, 1.807) is 0 Å². The Bertz CT molecular complexity index is 312. The Hall–Kier alpha value is -0.370. The van der Waals surface area contributed by atoms with Gasteiger partial charge in [0.05, 0.1) is 6.10 Å². The third kappa shape index (κ3) is 1.85. The van der Waals surface area contributed by atoms with Crippen LogP contribution in [0.1, 0.15) is 51.9 Å². The van der Waals surface area contributed by atoms with Gasteiger partial charge >= 0.3 is 0 Å². The number of carbonyl (C=O) groups is 1. The fourth-order valence-electron chi connectivity index (χ4n) is 4.74. The third-order valence-corrected chi connectivity index (χ3v) is 5.66. The maximum Gasteiger partial charge on any atom is 0.139 e. The van der Waals surface area contributed by atoms with Crippen molar-refractivity contribution in [2.24, 2.45) is 29.6 Å². The highest BCUT2D eigenvalue weighted by atomic mass is 16.3. The van der Waals surface area contributed by atoms with Gasteiger partial charge in [0.15, 0.2) is 0 Å². The van der Waals surface area contributed by atoms with E-state index in [0.29, 0.717) is 23.5 Å². The molecule has 3 aliphatic rings. The molecule has 1 N–H and O–H groups in total. The molecule has 0 heterocycles. The number of ketones is 1. The van der Waals surface area contributed by atoms with Crippen LogP contribution in [0.25, 0.3) is 0 Å². The summed E-state index contributed by atoms with van der Waals surface area (Å²) >= 11 is 0. The van der Waals surface area contributed by atoms with Gasteiger partial charge in [0.2, 0.25) is 0 Å². The number of fused-ring (bicyclic) bond motifs is 2. The Labute approximate surface area is 104 Å². The standard InChI is InChI=1S/C15H24O2/c1-9-6-7-13(16)12-8-10-4-2-3-5-11(10)15(17)14(9)12/h9-14,16H,2-8H2,1H3. The lowest BCUT2D eigenvalue weighted by molar-refractivity contribution is -0.146. The van der Waals surface area contributed by atoms with Crippen LogP contribution in [0, 0.1) is 29.6 Å². The Morgan fingerprint density at radius 1 is 1.12 bits per heavy atom. The summed E-state index contributed by atoms with van der Waals surface area (Å²) in [6, 6.07) is 0. The van der Waals surface area contributed by atoms with E-state index < -0.39 is 0 Å². The molecule has 0 aliphatic heterocycles. The van der Waals surface area contributed by atoms with Crippen LogP contribution < -0.4 is 0 Å². The molecule has 0 aromatic heterocycles. The van der Waals surface area contributed by atoms with Gasteiger partial charge in [-0.2, -0.15) is 0 Å². The summed E-state index contributed by atoms with van der Waals surface area (Å²) in [6.07, 6.45) is 7.73. The molecule has 3 fully saturated rings. The molecule has 2 heteroatoms. The minimum absolute atomic E-state index is 0.179. The van der Waals surface area contributed by atoms with Gasteiger partial charge in [-0.1, -0.05) is 19.8 Å². The average molecular weight is 236 g/mol. The maximum atomic E-state index is 12.6. The first-order valence-electron chi connectivity index (χ1n) is 7.40. The van der Waals surface area contributed by atoms with E-state index >= 15 is 0 Å². The van der Waals surface area contributed by atoms with Gasteiger partial charge in [0.1, 0.15) is 5.78 Å². The molecule has 6 unspecified atom stereocenters. The Balaban J connectivity index is 1.85. The van der Waals surface area contributed by atoms with Crippen molar-refractivity contribution >= 4 is 5.78 Å². The number of hydrogen-bond acceptors (Lipinski definition) is 2. The van der Waals surface area contributed by atoms with Crippen molar-refractivity contribution in [3.8, 4) is 0 Å². The predicted octanol–water partition coefficient (Wildman–Crippen LogP) is 2.79. The van der Waals surface area contributed by atoms with Crippen LogP contribution in [0.4, 0.5) is 0 Å². The molecule has 0 aromatic carbocycles. The van der Waals surface area contributed by atoms with Gasteiger partial charge in [-0.05, 0) is 49.9 Å². The van der Waals surface area contributed by atoms with Gasteiger partial charge in [-0.25, -0.2) is 0 Å². The molecule has 3 rings (SSSR count). The lowest BCUT2D eigenvalue weighted by Gasteiger charge is -2.48. The highest BCUT2D eigenvalue weighted by Gasteiger charge is 2.49. The second-order valence-corrected chi connectivity index (χ2v) is 6.60. The van der Waals surface area contributed by atoms with E-state index in [1.165, 1.54) is 19.3 Å². The number of carbonyl (C=O) groups excluding carboxylic acids is 1. The summed E-state index contributed by atoms with van der Waals surface area (Å²) in [7, 11) is 0. The molecule has 2 nitrogen and oxygen atoms in total. The summed E-state index contributed by atoms with van der Waals surface area (Å²) in [5.41, 5.74) is 0. The van der Waals surface area contributed by atoms with E-state index in [1.807, 2.05) is 0 Å². The van der Waals surface area contributed by atoms with Gasteiger partial charge in [-0.15, -0.1) is 0 Å². The minimum atomic E-state index is -0.206. The third-order valence-electron chi connectivity index (χ3n) is 5.66. The summed E-state index contributed by atoms with van der Waals surface area (Å²) in [5, 5.41) is 10.2. The van der Waals surface area contributed by atoms with E-state index in [9.17, 15) is 9.90 Å². The fraction of sp³-hybridized carbons (Fsp3) is 0.933. The zero-order chi connectivity index (χ0) is 12.0. The van der Waals surface area contributed by atoms with Crippen molar-refractivity contribution in [2.45, 2.75) is 58.0 Å². The molecule has 0 spiro atoms. The van der Waals surface area contributed by atoms with E-state index in [2.05, 4.69) is 6.92 Å². The molecule has 0 radical (unpaired) electrons. The molecule has 3 saturated carbocycles. The van der Waals surface area contributed by atoms with E-state index in [0.717, 1.165) is 25.7 Å². The fourth-order valence-corrected chi connectivity index (χ4v) is 4.74. The topological polar surface area (TPSA) is 37.3 Å². The lowest BCUT2D eigenvalue weighted by Crippen LogP contribution is -2.50. The number of aliphatic hydroxyl groups excluding tert-OH is 1. The van der Waals surface area contributed by atoms with Gasteiger partial charge in [-0.3, -0.25) is 4.79 Å². The normalized spacial score (nSPS) is 50.6. The Morgan fingerprint density at radius 3 is 2.71 bits per heavy atom. The summed E-state index contributed by atoms with van der Waals surface area (Å²) in [4.78, 5) is 12.6. The second-order valence-electron chi connectivity index (χ2n) is 6.60. The predicted molar refractivity (Wildman–Crippen MR) is 66.5 cm³/mol. The average Bonchev–Trinajstić information content (AvgIpc) is 2.34. The smallest absolute Gasteiger partial charge is 0.139 e. The van der Waals surface area contributed by atoms with Crippen LogP contribution in [0.3, 0.4) is 0 Å². The van der Waals surface area contributed by atoms with Gasteiger partial charge < -0.3 is 5.11 Å². The molecule has 0 amide bonds. The van der Waals surface area contributed by atoms with Crippen molar-refractivity contribution in [1.82, 2.24) is 0 Å². The quantitative estimate of drug-likeness (QED) is 0.702. The largest absolute Gasteiger partial charge is 0.393 e. The molecule has 0 saturated heterocycles. The molecule has 6 atom stereocenters. The second kappa shape index (κ2) is 4.38. The number of Topliss-reactive ketones (excluding diaryl/α,β-unsaturated/α-hetero) is 1. The first-order valence-corrected chi connectivity index (χ1v) is 7.40. The molecular formula is C15H24O2. The molecular weight excluding hydrogens is 212 g/mol. The van der Waals surface area contributed by atoms with Crippen LogP contribution in [0.5, 0.6) is 0 Å². The van der Waals surface area contributed by atoms with Crippen LogP contribution in [0.2, 0.25) is 0 Å². The Kier molecular flexibility index (Phi) is 3.02. The molecule has 0 aromatic rings. The lowest BCUT2D eigenvalue weighted by atomic mass is 9.56. The SMILES string of the molecule is CC1CCC(O)C2CC3CCCCC3C(=O)C12. The van der Waals surface area contributed by atoms with Crippen molar-refractivity contribution in [3.05, 3.63) is 0 Å². The highest BCUT2D eigenvalue weighted by molar-refractivity contribution is 5.85. The van der Waals surface area contributed by atoms with Crippen LogP contribution >= 0.6 is 0 Å². The Morgan fingerprint density at radius 2 is 1.88 bits per heavy atom.